The lowest BCUT2D eigenvalue weighted by Crippen LogP contribution is -2.29. The number of nitrogens with zero attached hydrogens (tertiary/aromatic N) is 2. The number of rotatable bonds is 3. The molecule has 7 heteroatoms. The molecule has 0 aliphatic carbocycles. The van der Waals surface area contributed by atoms with Gasteiger partial charge in [0.15, 0.2) is 0 Å². The zero-order valence-corrected chi connectivity index (χ0v) is 19.0. The molecule has 1 amide bonds. The van der Waals surface area contributed by atoms with Crippen LogP contribution >= 0.6 is 0 Å². The van der Waals surface area contributed by atoms with Crippen LogP contribution in [0.2, 0.25) is 0 Å². The number of amides is 1. The number of halogens is 1. The van der Waals surface area contributed by atoms with Gasteiger partial charge in [0.05, 0.1) is 44.3 Å². The highest BCUT2D eigenvalue weighted by molar-refractivity contribution is 6.01. The second-order valence-corrected chi connectivity index (χ2v) is 8.21. The molecule has 1 aliphatic rings. The first-order valence-corrected chi connectivity index (χ1v) is 10.7. The molecule has 3 aromatic rings. The van der Waals surface area contributed by atoms with Crippen LogP contribution < -0.4 is 0 Å². The van der Waals surface area contributed by atoms with Crippen molar-refractivity contribution < 1.29 is 23.5 Å². The summed E-state index contributed by atoms with van der Waals surface area (Å²) in [6.07, 6.45) is -0.490. The summed E-state index contributed by atoms with van der Waals surface area (Å²) in [5.41, 5.74) is 5.29. The van der Waals surface area contributed by atoms with E-state index in [1.54, 1.807) is 17.0 Å². The Morgan fingerprint density at radius 1 is 1.00 bits per heavy atom. The first kappa shape index (κ1) is 22.5. The van der Waals surface area contributed by atoms with Crippen LogP contribution in [-0.4, -0.2) is 36.2 Å². The Morgan fingerprint density at radius 2 is 1.70 bits per heavy atom. The normalized spacial score (nSPS) is 12.6. The fraction of sp³-hybridized carbons (Fsp3) is 0.269. The highest BCUT2D eigenvalue weighted by Crippen LogP contribution is 2.41. The van der Waals surface area contributed by atoms with Gasteiger partial charge < -0.3 is 9.47 Å². The molecule has 2 aromatic carbocycles. The molecule has 0 N–H and O–H groups in total. The summed E-state index contributed by atoms with van der Waals surface area (Å²) in [5.74, 6) is -1.00. The van der Waals surface area contributed by atoms with Gasteiger partial charge in [-0.2, -0.15) is 0 Å². The number of carbonyl (C=O) groups excluding carboxylic acids is 2. The smallest absolute Gasteiger partial charge is 0.410 e. The van der Waals surface area contributed by atoms with Crippen molar-refractivity contribution in [3.05, 3.63) is 76.7 Å². The summed E-state index contributed by atoms with van der Waals surface area (Å²) in [4.78, 5) is 32.2. The van der Waals surface area contributed by atoms with E-state index in [2.05, 4.69) is 0 Å². The zero-order chi connectivity index (χ0) is 23.7. The van der Waals surface area contributed by atoms with Crippen molar-refractivity contribution in [2.45, 2.75) is 32.9 Å². The highest BCUT2D eigenvalue weighted by atomic mass is 19.1. The summed E-state index contributed by atoms with van der Waals surface area (Å²) in [6.45, 7) is 4.41. The van der Waals surface area contributed by atoms with Crippen molar-refractivity contribution in [3.8, 4) is 22.4 Å². The minimum absolute atomic E-state index is 0.0873. The van der Waals surface area contributed by atoms with Gasteiger partial charge in [0, 0.05) is 16.7 Å². The molecule has 33 heavy (non-hydrogen) atoms. The summed E-state index contributed by atoms with van der Waals surface area (Å²) < 4.78 is 23.9. The number of ether oxygens (including phenoxy) is 2. The van der Waals surface area contributed by atoms with Gasteiger partial charge in [-0.25, -0.2) is 14.0 Å². The second kappa shape index (κ2) is 9.02. The molecule has 0 atom stereocenters. The minimum atomic E-state index is -0.532. The van der Waals surface area contributed by atoms with Crippen LogP contribution in [0.4, 0.5) is 9.18 Å². The van der Waals surface area contributed by atoms with E-state index in [0.717, 1.165) is 11.1 Å². The molecule has 0 radical (unpaired) electrons. The molecule has 6 nitrogen and oxygen atoms in total. The van der Waals surface area contributed by atoms with Crippen molar-refractivity contribution in [1.29, 1.82) is 0 Å². The van der Waals surface area contributed by atoms with Crippen molar-refractivity contribution in [2.24, 2.45) is 0 Å². The predicted molar refractivity (Wildman–Crippen MR) is 122 cm³/mol. The molecule has 0 unspecified atom stereocenters. The Labute approximate surface area is 192 Å². The molecule has 1 aliphatic heterocycles. The third-order valence-corrected chi connectivity index (χ3v) is 5.81. The van der Waals surface area contributed by atoms with Crippen LogP contribution in [0.5, 0.6) is 0 Å². The largest absolute Gasteiger partial charge is 0.465 e. The van der Waals surface area contributed by atoms with Crippen LogP contribution in [0.25, 0.3) is 22.4 Å². The summed E-state index contributed by atoms with van der Waals surface area (Å²) >= 11 is 0. The number of esters is 1. The van der Waals surface area contributed by atoms with Crippen LogP contribution in [0.3, 0.4) is 0 Å². The molecule has 170 valence electrons. The van der Waals surface area contributed by atoms with E-state index in [0.29, 0.717) is 40.2 Å². The van der Waals surface area contributed by atoms with E-state index in [4.69, 9.17) is 14.5 Å². The number of benzene rings is 2. The van der Waals surface area contributed by atoms with Gasteiger partial charge in [0.25, 0.3) is 0 Å². The van der Waals surface area contributed by atoms with E-state index < -0.39 is 12.1 Å². The fourth-order valence-electron chi connectivity index (χ4n) is 4.28. The van der Waals surface area contributed by atoms with Crippen molar-refractivity contribution >= 4 is 12.1 Å². The number of fused-ring (bicyclic) bond motifs is 3. The van der Waals surface area contributed by atoms with Crippen LogP contribution in [-0.2, 0) is 22.6 Å². The predicted octanol–water partition coefficient (Wildman–Crippen LogP) is 5.55. The lowest BCUT2D eigenvalue weighted by atomic mass is 9.87. The monoisotopic (exact) mass is 448 g/mol. The van der Waals surface area contributed by atoms with E-state index in [-0.39, 0.29) is 18.3 Å². The third-order valence-electron chi connectivity index (χ3n) is 5.81. The molecule has 0 saturated heterocycles. The van der Waals surface area contributed by atoms with Gasteiger partial charge >= 0.3 is 12.1 Å². The Kier molecular flexibility index (Phi) is 6.14. The number of methoxy groups -OCH3 is 2. The van der Waals surface area contributed by atoms with Gasteiger partial charge in [0.2, 0.25) is 0 Å². The first-order valence-electron chi connectivity index (χ1n) is 10.7. The third kappa shape index (κ3) is 4.06. The van der Waals surface area contributed by atoms with E-state index in [9.17, 15) is 14.0 Å². The van der Waals surface area contributed by atoms with Crippen molar-refractivity contribution in [3.63, 3.8) is 0 Å². The van der Waals surface area contributed by atoms with Gasteiger partial charge in [-0.3, -0.25) is 9.88 Å². The Morgan fingerprint density at radius 3 is 2.33 bits per heavy atom. The lowest BCUT2D eigenvalue weighted by Gasteiger charge is -2.24. The average molecular weight is 448 g/mol. The molecule has 2 heterocycles. The maximum Gasteiger partial charge on any atom is 0.410 e. The van der Waals surface area contributed by atoms with Crippen LogP contribution in [0.1, 0.15) is 46.9 Å². The molecular formula is C26H25FN2O4. The average Bonchev–Trinajstić information content (AvgIpc) is 2.99. The van der Waals surface area contributed by atoms with Gasteiger partial charge in [-0.15, -0.1) is 0 Å². The minimum Gasteiger partial charge on any atom is -0.465 e. The second-order valence-electron chi connectivity index (χ2n) is 8.21. The number of hydrogen-bond donors (Lipinski definition) is 0. The first-order chi connectivity index (χ1) is 15.8. The van der Waals surface area contributed by atoms with E-state index in [1.807, 2.05) is 38.1 Å². The fourth-order valence-corrected chi connectivity index (χ4v) is 4.28. The SMILES string of the molecule is COC(=O)c1c(C(C)C)nc2c(c1-c1ccc(F)cc1)CN(C(=O)OC)Cc1ccccc1-2. The highest BCUT2D eigenvalue weighted by Gasteiger charge is 2.32. The number of carbonyl (C=O) groups is 2. The van der Waals surface area contributed by atoms with Gasteiger partial charge in [-0.05, 0) is 29.2 Å². The standard InChI is InChI=1S/C26H25FN2O4/c1-15(2)23-22(25(30)32-3)21(16-9-11-18(27)12-10-16)20-14-29(26(31)33-4)13-17-7-5-6-8-19(17)24(20)28-23/h5-12,15H,13-14H2,1-4H3. The molecule has 0 saturated carbocycles. The summed E-state index contributed by atoms with van der Waals surface area (Å²) in [5, 5.41) is 0. The molecule has 0 fully saturated rings. The van der Waals surface area contributed by atoms with E-state index >= 15 is 0 Å². The molecule has 1 aromatic heterocycles. The Bertz CT molecular complexity index is 1220. The van der Waals surface area contributed by atoms with E-state index in [1.165, 1.54) is 26.4 Å². The van der Waals surface area contributed by atoms with Gasteiger partial charge in [-0.1, -0.05) is 50.2 Å². The zero-order valence-electron chi connectivity index (χ0n) is 19.0. The Hall–Kier alpha value is -3.74. The number of aromatic nitrogens is 1. The van der Waals surface area contributed by atoms with Crippen molar-refractivity contribution in [2.75, 3.05) is 14.2 Å². The van der Waals surface area contributed by atoms with Gasteiger partial charge in [0.1, 0.15) is 5.82 Å². The maximum atomic E-state index is 13.8. The molecule has 0 spiro atoms. The van der Waals surface area contributed by atoms with Crippen LogP contribution in [0, 0.1) is 5.82 Å². The molecule has 0 bridgehead atoms. The number of pyridine rings is 1. The molecular weight excluding hydrogens is 423 g/mol. The lowest BCUT2D eigenvalue weighted by molar-refractivity contribution is 0.0599. The number of hydrogen-bond acceptors (Lipinski definition) is 5. The van der Waals surface area contributed by atoms with Crippen molar-refractivity contribution in [1.82, 2.24) is 9.88 Å². The summed E-state index contributed by atoms with van der Waals surface area (Å²) in [6, 6.07) is 13.7. The van der Waals surface area contributed by atoms with Crippen LogP contribution in [0.15, 0.2) is 48.5 Å². The maximum absolute atomic E-state index is 13.8. The topological polar surface area (TPSA) is 68.7 Å². The summed E-state index contributed by atoms with van der Waals surface area (Å²) in [7, 11) is 2.66. The quantitative estimate of drug-likeness (QED) is 0.492. The molecule has 4 rings (SSSR count). The Balaban J connectivity index is 2.14.